The molecular formula is C22H21NO2S. The van der Waals surface area contributed by atoms with Crippen LogP contribution in [0.4, 0.5) is 0 Å². The van der Waals surface area contributed by atoms with Crippen molar-refractivity contribution in [3.05, 3.63) is 53.6 Å². The van der Waals surface area contributed by atoms with Crippen molar-refractivity contribution in [2.45, 2.75) is 48.3 Å². The zero-order valence-electron chi connectivity index (χ0n) is 14.6. The number of rotatable bonds is 2. The van der Waals surface area contributed by atoms with Crippen molar-refractivity contribution in [1.29, 1.82) is 0 Å². The Morgan fingerprint density at radius 3 is 3.04 bits per heavy atom. The minimum atomic E-state index is -0.437. The second-order valence-corrected chi connectivity index (χ2v) is 8.42. The van der Waals surface area contributed by atoms with E-state index in [0.29, 0.717) is 12.1 Å². The Morgan fingerprint density at radius 2 is 2.15 bits per heavy atom. The molecule has 2 fully saturated rings. The van der Waals surface area contributed by atoms with Crippen LogP contribution < -0.4 is 0 Å². The molecule has 3 heterocycles. The molecule has 3 atom stereocenters. The van der Waals surface area contributed by atoms with Crippen molar-refractivity contribution in [2.75, 3.05) is 12.3 Å². The first-order valence-corrected chi connectivity index (χ1v) is 10.3. The molecule has 2 bridgehead atoms. The van der Waals surface area contributed by atoms with Crippen molar-refractivity contribution in [1.82, 2.24) is 4.90 Å². The monoisotopic (exact) mass is 363 g/mol. The molecule has 0 N–H and O–H groups in total. The van der Waals surface area contributed by atoms with Crippen LogP contribution in [-0.2, 0) is 9.53 Å². The van der Waals surface area contributed by atoms with Crippen molar-refractivity contribution >= 4 is 17.7 Å². The molecule has 1 aromatic rings. The second kappa shape index (κ2) is 6.33. The molecule has 0 aromatic heterocycles. The van der Waals surface area contributed by atoms with Gasteiger partial charge in [-0.2, -0.15) is 0 Å². The van der Waals surface area contributed by atoms with Gasteiger partial charge in [0.25, 0.3) is 0 Å². The lowest BCUT2D eigenvalue weighted by Crippen LogP contribution is -2.48. The number of thioether (sulfide) groups is 1. The maximum atomic E-state index is 12.1. The Hall–Kier alpha value is -1.96. The molecule has 3 nitrogen and oxygen atoms in total. The van der Waals surface area contributed by atoms with Crippen LogP contribution in [0.15, 0.2) is 58.5 Å². The largest absolute Gasteiger partial charge is 0.449 e. The first kappa shape index (κ1) is 16.2. The number of piperidine rings is 1. The van der Waals surface area contributed by atoms with E-state index in [4.69, 9.17) is 4.74 Å². The quantitative estimate of drug-likeness (QED) is 0.456. The number of carbonyl (C=O) groups excluding carboxylic acids is 1. The first-order chi connectivity index (χ1) is 12.8. The van der Waals surface area contributed by atoms with Gasteiger partial charge in [-0.15, -0.1) is 11.8 Å². The predicted molar refractivity (Wildman–Crippen MR) is 103 cm³/mol. The van der Waals surface area contributed by atoms with Gasteiger partial charge in [-0.1, -0.05) is 42.5 Å². The fraction of sp³-hybridized carbons (Fsp3) is 0.409. The van der Waals surface area contributed by atoms with Gasteiger partial charge in [0.15, 0.2) is 5.60 Å². The number of hydrogen-bond acceptors (Lipinski definition) is 4. The van der Waals surface area contributed by atoms with Crippen molar-refractivity contribution < 1.29 is 9.53 Å². The van der Waals surface area contributed by atoms with E-state index in [1.54, 1.807) is 17.8 Å². The summed E-state index contributed by atoms with van der Waals surface area (Å²) < 4.78 is 5.93. The molecule has 132 valence electrons. The highest BCUT2D eigenvalue weighted by atomic mass is 32.2. The van der Waals surface area contributed by atoms with Crippen LogP contribution in [0.2, 0.25) is 0 Å². The highest BCUT2D eigenvalue weighted by Gasteiger charge is 2.61. The molecular weight excluding hydrogens is 342 g/mol. The fourth-order valence-corrected chi connectivity index (χ4v) is 5.60. The minimum absolute atomic E-state index is 0.195. The van der Waals surface area contributed by atoms with Crippen LogP contribution in [-0.4, -0.2) is 40.9 Å². The van der Waals surface area contributed by atoms with E-state index in [2.05, 4.69) is 34.9 Å². The van der Waals surface area contributed by atoms with Crippen LogP contribution >= 0.6 is 11.8 Å². The van der Waals surface area contributed by atoms with E-state index < -0.39 is 5.60 Å². The Labute approximate surface area is 158 Å². The molecule has 5 rings (SSSR count). The van der Waals surface area contributed by atoms with Gasteiger partial charge < -0.3 is 4.74 Å². The minimum Gasteiger partial charge on any atom is -0.449 e. The molecule has 0 saturated carbocycles. The number of esters is 1. The molecule has 1 spiro atoms. The molecule has 2 saturated heterocycles. The first-order valence-electron chi connectivity index (χ1n) is 9.36. The molecule has 0 amide bonds. The van der Waals surface area contributed by atoms with E-state index >= 15 is 0 Å². The molecule has 1 aromatic carbocycles. The van der Waals surface area contributed by atoms with Gasteiger partial charge in [0.05, 0.1) is 11.8 Å². The number of benzene rings is 1. The lowest BCUT2D eigenvalue weighted by molar-refractivity contribution is -0.148. The normalized spacial score (nSPS) is 31.9. The summed E-state index contributed by atoms with van der Waals surface area (Å²) in [4.78, 5) is 15.9. The average molecular weight is 363 g/mol. The van der Waals surface area contributed by atoms with Crippen LogP contribution in [0.3, 0.4) is 0 Å². The molecule has 0 radical (unpaired) electrons. The molecule has 0 unspecified atom stereocenters. The van der Waals surface area contributed by atoms with Gasteiger partial charge >= 0.3 is 5.97 Å². The Morgan fingerprint density at radius 1 is 1.27 bits per heavy atom. The lowest BCUT2D eigenvalue weighted by atomic mass is 9.77. The van der Waals surface area contributed by atoms with Gasteiger partial charge in [0, 0.05) is 34.6 Å². The van der Waals surface area contributed by atoms with Gasteiger partial charge in [0.1, 0.15) is 0 Å². The summed E-state index contributed by atoms with van der Waals surface area (Å²) in [6, 6.07) is 11.0. The van der Waals surface area contributed by atoms with Crippen LogP contribution in [0.1, 0.15) is 25.7 Å². The Balaban J connectivity index is 1.40. The summed E-state index contributed by atoms with van der Waals surface area (Å²) in [5, 5.41) is 0. The van der Waals surface area contributed by atoms with E-state index in [1.807, 2.05) is 18.2 Å². The lowest BCUT2D eigenvalue weighted by Gasteiger charge is -2.38. The van der Waals surface area contributed by atoms with Gasteiger partial charge in [0.2, 0.25) is 0 Å². The number of nitrogens with zero attached hydrogens (tertiary/aromatic N) is 1. The summed E-state index contributed by atoms with van der Waals surface area (Å²) in [5.74, 6) is 7.20. The SMILES string of the molecule is O=C1C=C2C(C#CCSc3ccccc3)=C[C@@H]3C[C@@]2(O1)[C@H]1CCCCN31. The maximum Gasteiger partial charge on any atom is 0.332 e. The molecule has 1 aliphatic carbocycles. The summed E-state index contributed by atoms with van der Waals surface area (Å²) in [5.41, 5.74) is 1.61. The average Bonchev–Trinajstić information content (AvgIpc) is 3.15. The topological polar surface area (TPSA) is 29.5 Å². The van der Waals surface area contributed by atoms with E-state index in [9.17, 15) is 4.79 Å². The molecule has 3 aliphatic heterocycles. The van der Waals surface area contributed by atoms with Crippen LogP contribution in [0.25, 0.3) is 0 Å². The van der Waals surface area contributed by atoms with E-state index in [-0.39, 0.29) is 5.97 Å². The number of carbonyl (C=O) groups is 1. The third-order valence-corrected chi connectivity index (χ3v) is 6.84. The van der Waals surface area contributed by atoms with Crippen LogP contribution in [0.5, 0.6) is 0 Å². The van der Waals surface area contributed by atoms with E-state index in [0.717, 1.165) is 36.3 Å². The van der Waals surface area contributed by atoms with Gasteiger partial charge in [-0.05, 0) is 31.5 Å². The van der Waals surface area contributed by atoms with Gasteiger partial charge in [-0.25, -0.2) is 4.79 Å². The Kier molecular flexibility index (Phi) is 3.95. The highest BCUT2D eigenvalue weighted by molar-refractivity contribution is 7.99. The zero-order chi connectivity index (χ0) is 17.6. The van der Waals surface area contributed by atoms with Crippen LogP contribution in [0, 0.1) is 11.8 Å². The number of fused-ring (bicyclic) bond motifs is 3. The third kappa shape index (κ3) is 2.53. The van der Waals surface area contributed by atoms with Crippen molar-refractivity contribution in [2.24, 2.45) is 0 Å². The van der Waals surface area contributed by atoms with Crippen molar-refractivity contribution in [3.63, 3.8) is 0 Å². The maximum absolute atomic E-state index is 12.1. The smallest absolute Gasteiger partial charge is 0.332 e. The molecule has 4 heteroatoms. The summed E-state index contributed by atoms with van der Waals surface area (Å²) in [7, 11) is 0. The van der Waals surface area contributed by atoms with Gasteiger partial charge in [-0.3, -0.25) is 4.90 Å². The molecule has 4 aliphatic rings. The van der Waals surface area contributed by atoms with E-state index in [1.165, 1.54) is 17.7 Å². The summed E-state index contributed by atoms with van der Waals surface area (Å²) in [6.07, 6.45) is 8.43. The number of ether oxygens (including phenoxy) is 1. The number of hydrogen-bond donors (Lipinski definition) is 0. The van der Waals surface area contributed by atoms with Crippen molar-refractivity contribution in [3.8, 4) is 11.8 Å². The Bertz CT molecular complexity index is 863. The second-order valence-electron chi connectivity index (χ2n) is 7.37. The predicted octanol–water partition coefficient (Wildman–Crippen LogP) is 3.57. The highest BCUT2D eigenvalue weighted by Crippen LogP contribution is 2.53. The standard InChI is InChI=1S/C22H21NO2S/c24-21-14-19-16(7-6-12-26-18-8-2-1-3-9-18)13-17-15-22(19,25-21)20-10-4-5-11-23(17)20/h1-3,8-9,13-14,17,20H,4-5,10-12,15H2/t17-,20-,22+/m1/s1. The molecule has 26 heavy (non-hydrogen) atoms. The zero-order valence-corrected chi connectivity index (χ0v) is 15.4. The summed E-state index contributed by atoms with van der Waals surface area (Å²) in [6.45, 7) is 1.10. The third-order valence-electron chi connectivity index (χ3n) is 5.95. The summed E-state index contributed by atoms with van der Waals surface area (Å²) >= 11 is 1.74. The fourth-order valence-electron chi connectivity index (χ4n) is 4.94.